The summed E-state index contributed by atoms with van der Waals surface area (Å²) in [7, 11) is 0. The number of nitrogens with two attached hydrogens (primary N) is 1. The zero-order valence-electron chi connectivity index (χ0n) is 10.2. The molecule has 0 heterocycles. The highest BCUT2D eigenvalue weighted by Crippen LogP contribution is 2.23. The van der Waals surface area contributed by atoms with E-state index in [9.17, 15) is 4.79 Å². The van der Waals surface area contributed by atoms with E-state index in [1.165, 1.54) is 0 Å². The summed E-state index contributed by atoms with van der Waals surface area (Å²) >= 11 is 0. The highest BCUT2D eigenvalue weighted by molar-refractivity contribution is 5.95. The Morgan fingerprint density at radius 3 is 2.56 bits per heavy atom. The van der Waals surface area contributed by atoms with Gasteiger partial charge in [0, 0.05) is 12.2 Å². The molecule has 3 N–H and O–H groups in total. The number of hydrogen-bond acceptors (Lipinski definition) is 2. The molecule has 0 spiro atoms. The van der Waals surface area contributed by atoms with Crippen molar-refractivity contribution in [3.8, 4) is 0 Å². The molecule has 88 valence electrons. The molecule has 0 aliphatic carbocycles. The summed E-state index contributed by atoms with van der Waals surface area (Å²) in [5.41, 5.74) is 7.09. The predicted octanol–water partition coefficient (Wildman–Crippen LogP) is 2.31. The third-order valence-electron chi connectivity index (χ3n) is 3.17. The van der Waals surface area contributed by atoms with E-state index in [2.05, 4.69) is 5.32 Å². The number of aryl methyl sites for hydroxylation is 1. The van der Waals surface area contributed by atoms with Crippen LogP contribution in [0.3, 0.4) is 0 Å². The first-order valence-electron chi connectivity index (χ1n) is 5.60. The van der Waals surface area contributed by atoms with E-state index in [-0.39, 0.29) is 5.91 Å². The van der Waals surface area contributed by atoms with Crippen molar-refractivity contribution in [1.29, 1.82) is 0 Å². The van der Waals surface area contributed by atoms with Crippen molar-refractivity contribution in [3.63, 3.8) is 0 Å². The van der Waals surface area contributed by atoms with Gasteiger partial charge in [0.05, 0.1) is 5.41 Å². The summed E-state index contributed by atoms with van der Waals surface area (Å²) < 4.78 is 0. The van der Waals surface area contributed by atoms with Crippen LogP contribution in [0.1, 0.15) is 25.8 Å². The molecule has 1 rings (SSSR count). The fourth-order valence-electron chi connectivity index (χ4n) is 1.38. The number of benzene rings is 1. The largest absolute Gasteiger partial charge is 0.329 e. The van der Waals surface area contributed by atoms with Gasteiger partial charge in [0.1, 0.15) is 0 Å². The second-order valence-electron chi connectivity index (χ2n) is 4.39. The van der Waals surface area contributed by atoms with E-state index in [1.807, 2.05) is 45.0 Å². The average Bonchev–Trinajstić information content (AvgIpc) is 2.31. The van der Waals surface area contributed by atoms with Crippen LogP contribution in [0.4, 0.5) is 5.69 Å². The smallest absolute Gasteiger partial charge is 0.231 e. The SMILES string of the molecule is CCC(C)(CN)C(=O)Nc1ccccc1C. The Balaban J connectivity index is 2.83. The summed E-state index contributed by atoms with van der Waals surface area (Å²) in [5, 5.41) is 2.93. The summed E-state index contributed by atoms with van der Waals surface area (Å²) in [4.78, 5) is 12.1. The van der Waals surface area contributed by atoms with E-state index in [0.29, 0.717) is 6.54 Å². The molecule has 0 fully saturated rings. The normalized spacial score (nSPS) is 14.2. The molecule has 1 aromatic rings. The van der Waals surface area contributed by atoms with Gasteiger partial charge in [-0.25, -0.2) is 0 Å². The molecule has 3 nitrogen and oxygen atoms in total. The number of carbonyl (C=O) groups is 1. The molecule has 3 heteroatoms. The molecule has 1 amide bonds. The molecule has 0 radical (unpaired) electrons. The van der Waals surface area contributed by atoms with Gasteiger partial charge in [0.25, 0.3) is 0 Å². The molecular formula is C13H20N2O. The first-order valence-corrected chi connectivity index (χ1v) is 5.60. The monoisotopic (exact) mass is 220 g/mol. The van der Waals surface area contributed by atoms with Crippen LogP contribution in [0, 0.1) is 12.3 Å². The number of carbonyl (C=O) groups excluding carboxylic acids is 1. The molecule has 0 saturated carbocycles. The lowest BCUT2D eigenvalue weighted by Crippen LogP contribution is -2.39. The lowest BCUT2D eigenvalue weighted by atomic mass is 9.86. The standard InChI is InChI=1S/C13H20N2O/c1-4-13(3,9-14)12(16)15-11-8-6-5-7-10(11)2/h5-8H,4,9,14H2,1-3H3,(H,15,16). The summed E-state index contributed by atoms with van der Waals surface area (Å²) in [6.45, 7) is 6.20. The van der Waals surface area contributed by atoms with Crippen molar-refractivity contribution < 1.29 is 4.79 Å². The number of amides is 1. The zero-order valence-corrected chi connectivity index (χ0v) is 10.2. The van der Waals surface area contributed by atoms with E-state index in [4.69, 9.17) is 5.73 Å². The van der Waals surface area contributed by atoms with Gasteiger partial charge >= 0.3 is 0 Å². The molecule has 0 bridgehead atoms. The Bertz CT molecular complexity index is 370. The van der Waals surface area contributed by atoms with Crippen molar-refractivity contribution >= 4 is 11.6 Å². The summed E-state index contributed by atoms with van der Waals surface area (Å²) in [6, 6.07) is 7.74. The molecule has 1 atom stereocenters. The minimum atomic E-state index is -0.484. The fourth-order valence-corrected chi connectivity index (χ4v) is 1.38. The molecule has 0 aliphatic heterocycles. The van der Waals surface area contributed by atoms with Gasteiger partial charge in [-0.05, 0) is 31.9 Å². The maximum Gasteiger partial charge on any atom is 0.231 e. The highest BCUT2D eigenvalue weighted by atomic mass is 16.2. The van der Waals surface area contributed by atoms with E-state index in [1.54, 1.807) is 0 Å². The number of rotatable bonds is 4. The third kappa shape index (κ3) is 2.61. The van der Waals surface area contributed by atoms with Crippen molar-refractivity contribution in [2.24, 2.45) is 11.1 Å². The number of anilines is 1. The van der Waals surface area contributed by atoms with Crippen LogP contribution < -0.4 is 11.1 Å². The van der Waals surface area contributed by atoms with Crippen molar-refractivity contribution in [1.82, 2.24) is 0 Å². The number of nitrogens with one attached hydrogen (secondary N) is 1. The van der Waals surface area contributed by atoms with Crippen molar-refractivity contribution in [3.05, 3.63) is 29.8 Å². The molecule has 0 aliphatic rings. The summed E-state index contributed by atoms with van der Waals surface area (Å²) in [5.74, 6) is -0.00759. The topological polar surface area (TPSA) is 55.1 Å². The number of para-hydroxylation sites is 1. The van der Waals surface area contributed by atoms with Crippen LogP contribution >= 0.6 is 0 Å². The fraction of sp³-hybridized carbons (Fsp3) is 0.462. The van der Waals surface area contributed by atoms with Gasteiger partial charge in [-0.3, -0.25) is 4.79 Å². The van der Waals surface area contributed by atoms with Crippen LogP contribution in [0.5, 0.6) is 0 Å². The minimum absolute atomic E-state index is 0.00759. The predicted molar refractivity (Wildman–Crippen MR) is 67.3 cm³/mol. The van der Waals surface area contributed by atoms with E-state index >= 15 is 0 Å². The van der Waals surface area contributed by atoms with Crippen LogP contribution in [-0.4, -0.2) is 12.5 Å². The van der Waals surface area contributed by atoms with Gasteiger partial charge in [-0.2, -0.15) is 0 Å². The highest BCUT2D eigenvalue weighted by Gasteiger charge is 2.29. The Morgan fingerprint density at radius 1 is 1.44 bits per heavy atom. The maximum atomic E-state index is 12.1. The van der Waals surface area contributed by atoms with Crippen molar-refractivity contribution in [2.45, 2.75) is 27.2 Å². The molecule has 16 heavy (non-hydrogen) atoms. The van der Waals surface area contributed by atoms with E-state index < -0.39 is 5.41 Å². The van der Waals surface area contributed by atoms with E-state index in [0.717, 1.165) is 17.7 Å². The Kier molecular flexibility index (Phi) is 4.07. The Hall–Kier alpha value is -1.35. The van der Waals surface area contributed by atoms with Crippen molar-refractivity contribution in [2.75, 3.05) is 11.9 Å². The lowest BCUT2D eigenvalue weighted by molar-refractivity contribution is -0.124. The summed E-state index contributed by atoms with van der Waals surface area (Å²) in [6.07, 6.45) is 0.737. The molecule has 0 aromatic heterocycles. The van der Waals surface area contributed by atoms with Crippen LogP contribution in [0.2, 0.25) is 0 Å². The quantitative estimate of drug-likeness (QED) is 0.818. The molecule has 1 unspecified atom stereocenters. The second kappa shape index (κ2) is 5.12. The van der Waals surface area contributed by atoms with Crippen LogP contribution in [0.15, 0.2) is 24.3 Å². The van der Waals surface area contributed by atoms with Gasteiger partial charge in [0.15, 0.2) is 0 Å². The Labute approximate surface area is 97.0 Å². The first kappa shape index (κ1) is 12.7. The number of hydrogen-bond donors (Lipinski definition) is 2. The molecular weight excluding hydrogens is 200 g/mol. The minimum Gasteiger partial charge on any atom is -0.329 e. The lowest BCUT2D eigenvalue weighted by Gasteiger charge is -2.25. The first-order chi connectivity index (χ1) is 7.53. The average molecular weight is 220 g/mol. The second-order valence-corrected chi connectivity index (χ2v) is 4.39. The van der Waals surface area contributed by atoms with Crippen LogP contribution in [-0.2, 0) is 4.79 Å². The maximum absolute atomic E-state index is 12.1. The zero-order chi connectivity index (χ0) is 12.2. The van der Waals surface area contributed by atoms with Crippen LogP contribution in [0.25, 0.3) is 0 Å². The van der Waals surface area contributed by atoms with Gasteiger partial charge < -0.3 is 11.1 Å². The van der Waals surface area contributed by atoms with Gasteiger partial charge in [-0.15, -0.1) is 0 Å². The molecule has 0 saturated heterocycles. The third-order valence-corrected chi connectivity index (χ3v) is 3.17. The Morgan fingerprint density at radius 2 is 2.06 bits per heavy atom. The molecule has 1 aromatic carbocycles. The van der Waals surface area contributed by atoms with Gasteiger partial charge in [0.2, 0.25) is 5.91 Å². The van der Waals surface area contributed by atoms with Gasteiger partial charge in [-0.1, -0.05) is 25.1 Å².